The van der Waals surface area contributed by atoms with Gasteiger partial charge in [0.1, 0.15) is 6.54 Å². The third-order valence-corrected chi connectivity index (χ3v) is 3.43. The second-order valence-corrected chi connectivity index (χ2v) is 5.64. The normalized spacial score (nSPS) is 11.7. The van der Waals surface area contributed by atoms with Gasteiger partial charge < -0.3 is 4.57 Å². The van der Waals surface area contributed by atoms with Crippen LogP contribution < -0.4 is 11.0 Å². The SMILES string of the molecule is O=C(Cn1cc(C(F)(F)F)ccc1=O)N/N=C/c1ccc(Br)cc1. The Balaban J connectivity index is 2.02. The highest BCUT2D eigenvalue weighted by Crippen LogP contribution is 2.27. The average molecular weight is 402 g/mol. The molecule has 0 aliphatic rings. The summed E-state index contributed by atoms with van der Waals surface area (Å²) in [6.07, 6.45) is -2.62. The summed E-state index contributed by atoms with van der Waals surface area (Å²) in [5, 5.41) is 3.69. The number of halogens is 4. The van der Waals surface area contributed by atoms with E-state index in [-0.39, 0.29) is 0 Å². The van der Waals surface area contributed by atoms with Gasteiger partial charge in [-0.2, -0.15) is 18.3 Å². The van der Waals surface area contributed by atoms with E-state index in [0.717, 1.165) is 16.1 Å². The van der Waals surface area contributed by atoms with E-state index in [1.807, 2.05) is 0 Å². The molecule has 9 heteroatoms. The number of alkyl halides is 3. The lowest BCUT2D eigenvalue weighted by molar-refractivity contribution is -0.138. The van der Waals surface area contributed by atoms with Crippen LogP contribution in [0.5, 0.6) is 0 Å². The highest BCUT2D eigenvalue weighted by atomic mass is 79.9. The number of nitrogens with zero attached hydrogens (tertiary/aromatic N) is 2. The molecular formula is C15H11BrF3N3O2. The highest BCUT2D eigenvalue weighted by Gasteiger charge is 2.31. The van der Waals surface area contributed by atoms with E-state index in [0.29, 0.717) is 16.8 Å². The largest absolute Gasteiger partial charge is 0.417 e. The summed E-state index contributed by atoms with van der Waals surface area (Å²) in [7, 11) is 0. The van der Waals surface area contributed by atoms with Crippen LogP contribution in [0, 0.1) is 0 Å². The second kappa shape index (κ2) is 7.43. The molecule has 0 aliphatic heterocycles. The zero-order valence-corrected chi connectivity index (χ0v) is 13.6. The Kier molecular flexibility index (Phi) is 5.55. The van der Waals surface area contributed by atoms with Crippen molar-refractivity contribution in [2.75, 3.05) is 0 Å². The lowest BCUT2D eigenvalue weighted by Gasteiger charge is -2.09. The van der Waals surface area contributed by atoms with E-state index < -0.39 is 29.8 Å². The number of hydrogen-bond acceptors (Lipinski definition) is 3. The van der Waals surface area contributed by atoms with E-state index in [1.54, 1.807) is 24.3 Å². The van der Waals surface area contributed by atoms with Crippen molar-refractivity contribution in [2.24, 2.45) is 5.10 Å². The van der Waals surface area contributed by atoms with Crippen molar-refractivity contribution < 1.29 is 18.0 Å². The number of hydrogen-bond donors (Lipinski definition) is 1. The standard InChI is InChI=1S/C15H11BrF3N3O2/c16-12-4-1-10(2-5-12)7-20-21-13(23)9-22-8-11(15(17,18)19)3-6-14(22)24/h1-8H,9H2,(H,21,23)/b20-7+. The number of benzene rings is 1. The first-order valence-electron chi connectivity index (χ1n) is 6.61. The van der Waals surface area contributed by atoms with Crippen LogP contribution in [0.25, 0.3) is 0 Å². The molecule has 0 spiro atoms. The molecule has 0 atom stereocenters. The lowest BCUT2D eigenvalue weighted by atomic mass is 10.2. The Morgan fingerprint density at radius 2 is 1.88 bits per heavy atom. The van der Waals surface area contributed by atoms with Crippen molar-refractivity contribution in [3.63, 3.8) is 0 Å². The summed E-state index contributed by atoms with van der Waals surface area (Å²) in [5.74, 6) is -0.718. The zero-order chi connectivity index (χ0) is 17.7. The molecule has 126 valence electrons. The average Bonchev–Trinajstić information content (AvgIpc) is 2.50. The number of nitrogens with one attached hydrogen (secondary N) is 1. The van der Waals surface area contributed by atoms with Crippen LogP contribution >= 0.6 is 15.9 Å². The van der Waals surface area contributed by atoms with Gasteiger partial charge in [0.05, 0.1) is 11.8 Å². The lowest BCUT2D eigenvalue weighted by Crippen LogP contribution is -2.30. The molecule has 1 aromatic heterocycles. The summed E-state index contributed by atoms with van der Waals surface area (Å²) < 4.78 is 39.4. The van der Waals surface area contributed by atoms with Gasteiger partial charge in [0, 0.05) is 16.7 Å². The number of amides is 1. The molecule has 0 saturated carbocycles. The third-order valence-electron chi connectivity index (χ3n) is 2.90. The van der Waals surface area contributed by atoms with E-state index in [1.165, 1.54) is 6.21 Å². The van der Waals surface area contributed by atoms with Crippen molar-refractivity contribution in [2.45, 2.75) is 12.7 Å². The van der Waals surface area contributed by atoms with Gasteiger partial charge in [-0.1, -0.05) is 28.1 Å². The maximum absolute atomic E-state index is 12.6. The van der Waals surface area contributed by atoms with Crippen LogP contribution in [0.3, 0.4) is 0 Å². The number of carbonyl (C=O) groups excluding carboxylic acids is 1. The molecule has 0 fully saturated rings. The van der Waals surface area contributed by atoms with Crippen molar-refractivity contribution in [1.82, 2.24) is 9.99 Å². The molecular weight excluding hydrogens is 391 g/mol. The fraction of sp³-hybridized carbons (Fsp3) is 0.133. The number of carbonyl (C=O) groups is 1. The van der Waals surface area contributed by atoms with Gasteiger partial charge >= 0.3 is 6.18 Å². The van der Waals surface area contributed by atoms with Gasteiger partial charge in [-0.05, 0) is 23.8 Å². The molecule has 0 bridgehead atoms. The molecule has 2 aromatic rings. The minimum atomic E-state index is -4.59. The zero-order valence-electron chi connectivity index (χ0n) is 12.0. The van der Waals surface area contributed by atoms with Gasteiger partial charge in [0.25, 0.3) is 11.5 Å². The summed E-state index contributed by atoms with van der Waals surface area (Å²) in [6, 6.07) is 8.49. The van der Waals surface area contributed by atoms with E-state index >= 15 is 0 Å². The number of hydrazone groups is 1. The minimum absolute atomic E-state index is 0.569. The van der Waals surface area contributed by atoms with E-state index in [4.69, 9.17) is 0 Å². The van der Waals surface area contributed by atoms with Crippen LogP contribution in [-0.4, -0.2) is 16.7 Å². The van der Waals surface area contributed by atoms with Gasteiger partial charge in [-0.15, -0.1) is 0 Å². The first-order chi connectivity index (χ1) is 11.3. The Hall–Kier alpha value is -2.42. The van der Waals surface area contributed by atoms with Crippen molar-refractivity contribution in [1.29, 1.82) is 0 Å². The highest BCUT2D eigenvalue weighted by molar-refractivity contribution is 9.10. The van der Waals surface area contributed by atoms with E-state index in [9.17, 15) is 22.8 Å². The molecule has 2 rings (SSSR count). The summed E-state index contributed by atoms with van der Waals surface area (Å²) in [4.78, 5) is 23.2. The van der Waals surface area contributed by atoms with Crippen LogP contribution in [0.4, 0.5) is 13.2 Å². The van der Waals surface area contributed by atoms with Crippen molar-refractivity contribution in [3.8, 4) is 0 Å². The molecule has 24 heavy (non-hydrogen) atoms. The van der Waals surface area contributed by atoms with Gasteiger partial charge in [0.15, 0.2) is 0 Å². The molecule has 1 aromatic carbocycles. The van der Waals surface area contributed by atoms with E-state index in [2.05, 4.69) is 26.5 Å². The Bertz CT molecular complexity index is 814. The molecule has 1 amide bonds. The van der Waals surface area contributed by atoms with Crippen LogP contribution in [0.2, 0.25) is 0 Å². The van der Waals surface area contributed by atoms with Gasteiger partial charge in [0.2, 0.25) is 0 Å². The van der Waals surface area contributed by atoms with Crippen LogP contribution in [0.1, 0.15) is 11.1 Å². The summed E-state index contributed by atoms with van der Waals surface area (Å²) in [5.41, 5.74) is 1.16. The summed E-state index contributed by atoms with van der Waals surface area (Å²) in [6.45, 7) is -0.569. The van der Waals surface area contributed by atoms with Crippen molar-refractivity contribution in [3.05, 3.63) is 68.5 Å². The Morgan fingerprint density at radius 3 is 2.50 bits per heavy atom. The topological polar surface area (TPSA) is 63.5 Å². The third kappa shape index (κ3) is 5.05. The van der Waals surface area contributed by atoms with Gasteiger partial charge in [-0.3, -0.25) is 9.59 Å². The number of aromatic nitrogens is 1. The minimum Gasteiger partial charge on any atom is -0.305 e. The molecule has 0 aliphatic carbocycles. The molecule has 1 N–H and O–H groups in total. The maximum atomic E-state index is 12.6. The smallest absolute Gasteiger partial charge is 0.305 e. The summed E-state index contributed by atoms with van der Waals surface area (Å²) >= 11 is 3.27. The molecule has 1 heterocycles. The second-order valence-electron chi connectivity index (χ2n) is 4.73. The monoisotopic (exact) mass is 401 g/mol. The van der Waals surface area contributed by atoms with Crippen LogP contribution in [0.15, 0.2) is 57.0 Å². The molecule has 5 nitrogen and oxygen atoms in total. The fourth-order valence-electron chi connectivity index (χ4n) is 1.74. The predicted octanol–water partition coefficient (Wildman–Crippen LogP) is 2.78. The first-order valence-corrected chi connectivity index (χ1v) is 7.40. The molecule has 0 unspecified atom stereocenters. The van der Waals surface area contributed by atoms with Crippen LogP contribution in [-0.2, 0) is 17.5 Å². The number of rotatable bonds is 4. The Morgan fingerprint density at radius 1 is 1.21 bits per heavy atom. The van der Waals surface area contributed by atoms with Gasteiger partial charge in [-0.25, -0.2) is 5.43 Å². The fourth-order valence-corrected chi connectivity index (χ4v) is 2.00. The maximum Gasteiger partial charge on any atom is 0.417 e. The number of pyridine rings is 1. The Labute approximate surface area is 142 Å². The molecule has 0 radical (unpaired) electrons. The van der Waals surface area contributed by atoms with Crippen molar-refractivity contribution >= 4 is 28.1 Å². The predicted molar refractivity (Wildman–Crippen MR) is 85.6 cm³/mol. The quantitative estimate of drug-likeness (QED) is 0.632. The molecule has 0 saturated heterocycles. The first kappa shape index (κ1) is 17.9.